The van der Waals surface area contributed by atoms with Crippen LogP contribution in [0.1, 0.15) is 57.8 Å². The Morgan fingerprint density at radius 2 is 1.55 bits per heavy atom. The van der Waals surface area contributed by atoms with Crippen molar-refractivity contribution in [3.05, 3.63) is 24.3 Å². The van der Waals surface area contributed by atoms with E-state index in [1.54, 1.807) is 0 Å². The Labute approximate surface area is 173 Å². The molecular weight excluding hydrogens is 364 g/mol. The van der Waals surface area contributed by atoms with Crippen molar-refractivity contribution in [1.82, 2.24) is 4.90 Å². The molecule has 4 N–H and O–H groups in total. The SMILES string of the molecule is NC1=NC2(CCCCC2)N(c2ccc(OCCN3CCCCCC3)cc2)C(N)=N1. The van der Waals surface area contributed by atoms with E-state index in [0.717, 1.165) is 50.3 Å². The molecule has 7 nitrogen and oxygen atoms in total. The average Bonchev–Trinajstić information content (AvgIpc) is 2.98. The van der Waals surface area contributed by atoms with E-state index in [4.69, 9.17) is 21.2 Å². The molecule has 0 atom stereocenters. The Morgan fingerprint density at radius 1 is 0.897 bits per heavy atom. The Balaban J connectivity index is 1.40. The zero-order valence-corrected chi connectivity index (χ0v) is 17.4. The summed E-state index contributed by atoms with van der Waals surface area (Å²) in [6.07, 6.45) is 10.7. The van der Waals surface area contributed by atoms with Crippen molar-refractivity contribution in [2.24, 2.45) is 21.5 Å². The smallest absolute Gasteiger partial charge is 0.220 e. The maximum absolute atomic E-state index is 6.30. The van der Waals surface area contributed by atoms with Crippen molar-refractivity contribution in [2.45, 2.75) is 63.5 Å². The van der Waals surface area contributed by atoms with Gasteiger partial charge in [0.2, 0.25) is 11.9 Å². The normalized spacial score (nSPS) is 22.7. The monoisotopic (exact) mass is 398 g/mol. The van der Waals surface area contributed by atoms with Crippen LogP contribution in [-0.2, 0) is 0 Å². The molecule has 0 amide bonds. The van der Waals surface area contributed by atoms with Gasteiger partial charge in [-0.25, -0.2) is 4.99 Å². The largest absolute Gasteiger partial charge is 0.492 e. The molecule has 1 spiro atoms. The highest BCUT2D eigenvalue weighted by Crippen LogP contribution is 2.39. The van der Waals surface area contributed by atoms with Crippen LogP contribution in [0.25, 0.3) is 0 Å². The summed E-state index contributed by atoms with van der Waals surface area (Å²) in [7, 11) is 0. The van der Waals surface area contributed by atoms with E-state index >= 15 is 0 Å². The summed E-state index contributed by atoms with van der Waals surface area (Å²) in [5.74, 6) is 1.60. The first-order valence-electron chi connectivity index (χ1n) is 11.1. The molecule has 0 bridgehead atoms. The highest BCUT2D eigenvalue weighted by molar-refractivity contribution is 6.05. The van der Waals surface area contributed by atoms with Gasteiger partial charge in [0, 0.05) is 12.2 Å². The van der Waals surface area contributed by atoms with Crippen LogP contribution in [0.3, 0.4) is 0 Å². The fraction of sp³-hybridized carbons (Fsp3) is 0.636. The molecule has 2 fully saturated rings. The van der Waals surface area contributed by atoms with Crippen molar-refractivity contribution in [2.75, 3.05) is 31.1 Å². The summed E-state index contributed by atoms with van der Waals surface area (Å²) in [5.41, 5.74) is 12.8. The van der Waals surface area contributed by atoms with Crippen LogP contribution in [0.2, 0.25) is 0 Å². The minimum atomic E-state index is -0.399. The maximum Gasteiger partial charge on any atom is 0.220 e. The first-order chi connectivity index (χ1) is 14.2. The second-order valence-corrected chi connectivity index (χ2v) is 8.42. The average molecular weight is 399 g/mol. The van der Waals surface area contributed by atoms with E-state index in [9.17, 15) is 0 Å². The number of hydrogen-bond donors (Lipinski definition) is 2. The molecule has 2 aliphatic heterocycles. The molecule has 7 heteroatoms. The Morgan fingerprint density at radius 3 is 2.24 bits per heavy atom. The van der Waals surface area contributed by atoms with E-state index in [1.165, 1.54) is 45.2 Å². The van der Waals surface area contributed by atoms with Gasteiger partial charge in [-0.1, -0.05) is 19.3 Å². The first kappa shape index (κ1) is 20.0. The van der Waals surface area contributed by atoms with E-state index in [-0.39, 0.29) is 5.96 Å². The lowest BCUT2D eigenvalue weighted by Gasteiger charge is -2.45. The number of guanidine groups is 2. The second-order valence-electron chi connectivity index (χ2n) is 8.42. The molecule has 1 aromatic carbocycles. The van der Waals surface area contributed by atoms with E-state index < -0.39 is 5.66 Å². The van der Waals surface area contributed by atoms with Gasteiger partial charge in [0.25, 0.3) is 0 Å². The van der Waals surface area contributed by atoms with Crippen molar-refractivity contribution < 1.29 is 4.74 Å². The number of nitrogens with two attached hydrogens (primary N) is 2. The number of ether oxygens (including phenoxy) is 1. The van der Waals surface area contributed by atoms with Gasteiger partial charge in [0.1, 0.15) is 18.0 Å². The summed E-state index contributed by atoms with van der Waals surface area (Å²) in [4.78, 5) is 13.5. The third-order valence-corrected chi connectivity index (χ3v) is 6.32. The fourth-order valence-electron chi connectivity index (χ4n) is 4.84. The van der Waals surface area contributed by atoms with Crippen molar-refractivity contribution in [1.29, 1.82) is 0 Å². The van der Waals surface area contributed by atoms with Crippen LogP contribution in [0, 0.1) is 0 Å². The third kappa shape index (κ3) is 4.66. The van der Waals surface area contributed by atoms with Crippen LogP contribution in [0.15, 0.2) is 34.3 Å². The molecule has 158 valence electrons. The predicted molar refractivity (Wildman–Crippen MR) is 118 cm³/mol. The minimum absolute atomic E-state index is 0.286. The summed E-state index contributed by atoms with van der Waals surface area (Å²) in [5, 5.41) is 0. The zero-order valence-electron chi connectivity index (χ0n) is 17.4. The number of aliphatic imine (C=N–C) groups is 2. The third-order valence-electron chi connectivity index (χ3n) is 6.32. The molecule has 1 aromatic rings. The fourth-order valence-corrected chi connectivity index (χ4v) is 4.84. The molecular formula is C22H34N6O. The lowest BCUT2D eigenvalue weighted by atomic mass is 9.87. The van der Waals surface area contributed by atoms with Crippen LogP contribution in [0.4, 0.5) is 5.69 Å². The molecule has 1 saturated heterocycles. The van der Waals surface area contributed by atoms with E-state index in [0.29, 0.717) is 5.96 Å². The van der Waals surface area contributed by atoms with Crippen molar-refractivity contribution in [3.8, 4) is 5.75 Å². The number of benzene rings is 1. The van der Waals surface area contributed by atoms with Gasteiger partial charge in [0.05, 0.1) is 0 Å². The molecule has 0 radical (unpaired) electrons. The molecule has 3 aliphatic rings. The van der Waals surface area contributed by atoms with Gasteiger partial charge in [-0.2, -0.15) is 4.99 Å². The number of likely N-dealkylation sites (tertiary alicyclic amines) is 1. The maximum atomic E-state index is 6.30. The second kappa shape index (κ2) is 9.03. The Hall–Kier alpha value is -2.28. The summed E-state index contributed by atoms with van der Waals surface area (Å²) >= 11 is 0. The van der Waals surface area contributed by atoms with Gasteiger partial charge < -0.3 is 16.2 Å². The van der Waals surface area contributed by atoms with Crippen LogP contribution < -0.4 is 21.1 Å². The number of anilines is 1. The van der Waals surface area contributed by atoms with Crippen molar-refractivity contribution >= 4 is 17.6 Å². The summed E-state index contributed by atoms with van der Waals surface area (Å²) in [6.45, 7) is 4.10. The van der Waals surface area contributed by atoms with Gasteiger partial charge in [0.15, 0.2) is 0 Å². The molecule has 1 saturated carbocycles. The van der Waals surface area contributed by atoms with Crippen molar-refractivity contribution in [3.63, 3.8) is 0 Å². The minimum Gasteiger partial charge on any atom is -0.492 e. The first-order valence-corrected chi connectivity index (χ1v) is 11.1. The standard InChI is InChI=1S/C22H34N6O/c23-20-25-21(24)28(22(26-20)12-4-3-5-13-22)18-8-10-19(11-9-18)29-17-16-27-14-6-1-2-7-15-27/h8-11H,1-7,12-17H2,(H4,23,24,25,26). The van der Waals surface area contributed by atoms with Gasteiger partial charge in [-0.05, 0) is 75.9 Å². The lowest BCUT2D eigenvalue weighted by Crippen LogP contribution is -2.58. The Bertz CT molecular complexity index is 730. The van der Waals surface area contributed by atoms with E-state index in [1.807, 2.05) is 12.1 Å². The van der Waals surface area contributed by atoms with Crippen LogP contribution in [-0.4, -0.2) is 48.7 Å². The van der Waals surface area contributed by atoms with Crippen LogP contribution in [0.5, 0.6) is 5.75 Å². The predicted octanol–water partition coefficient (Wildman–Crippen LogP) is 3.05. The Kier molecular flexibility index (Phi) is 6.23. The van der Waals surface area contributed by atoms with Gasteiger partial charge in [-0.3, -0.25) is 9.80 Å². The summed E-state index contributed by atoms with van der Waals surface area (Å²) in [6, 6.07) is 8.14. The van der Waals surface area contributed by atoms with Gasteiger partial charge in [-0.15, -0.1) is 0 Å². The highest BCUT2D eigenvalue weighted by atomic mass is 16.5. The highest BCUT2D eigenvalue weighted by Gasteiger charge is 2.42. The summed E-state index contributed by atoms with van der Waals surface area (Å²) < 4.78 is 6.00. The molecule has 4 rings (SSSR count). The quantitative estimate of drug-likeness (QED) is 0.795. The lowest BCUT2D eigenvalue weighted by molar-refractivity contribution is 0.214. The molecule has 2 heterocycles. The topological polar surface area (TPSA) is 92.5 Å². The molecule has 1 aliphatic carbocycles. The van der Waals surface area contributed by atoms with Gasteiger partial charge >= 0.3 is 0 Å². The van der Waals surface area contributed by atoms with E-state index in [2.05, 4.69) is 26.9 Å². The number of nitrogens with zero attached hydrogens (tertiary/aromatic N) is 4. The van der Waals surface area contributed by atoms with Crippen LogP contribution >= 0.6 is 0 Å². The molecule has 29 heavy (non-hydrogen) atoms. The zero-order chi connectivity index (χ0) is 20.1. The molecule has 0 aromatic heterocycles. The number of hydrogen-bond acceptors (Lipinski definition) is 7. The number of rotatable bonds is 5. The molecule has 0 unspecified atom stereocenters.